The van der Waals surface area contributed by atoms with Crippen LogP contribution in [0.25, 0.3) is 0 Å². The lowest BCUT2D eigenvalue weighted by Crippen LogP contribution is -2.54. The zero-order valence-corrected chi connectivity index (χ0v) is 13.7. The van der Waals surface area contributed by atoms with E-state index in [4.69, 9.17) is 9.47 Å². The molecule has 0 aliphatic carbocycles. The average molecular weight is 306 g/mol. The van der Waals surface area contributed by atoms with Crippen molar-refractivity contribution in [1.82, 2.24) is 10.2 Å². The Kier molecular flexibility index (Phi) is 5.80. The second-order valence-corrected chi connectivity index (χ2v) is 5.74. The van der Waals surface area contributed by atoms with Gasteiger partial charge in [-0.2, -0.15) is 0 Å². The van der Waals surface area contributed by atoms with Crippen LogP contribution in [0, 0.1) is 0 Å². The fourth-order valence-corrected chi connectivity index (χ4v) is 2.98. The van der Waals surface area contributed by atoms with Crippen LogP contribution in [0.1, 0.15) is 18.4 Å². The molecule has 1 aromatic carbocycles. The number of hydrogen-bond acceptors (Lipinski definition) is 4. The number of para-hydroxylation sites is 1. The molecule has 0 bridgehead atoms. The van der Waals surface area contributed by atoms with Crippen molar-refractivity contribution in [3.8, 4) is 5.75 Å². The summed E-state index contributed by atoms with van der Waals surface area (Å²) in [5.74, 6) is 0.943. The minimum absolute atomic E-state index is 0.0754. The number of nitrogens with one attached hydrogen (secondary N) is 1. The minimum Gasteiger partial charge on any atom is -0.496 e. The van der Waals surface area contributed by atoms with Crippen LogP contribution in [-0.4, -0.2) is 57.3 Å². The van der Waals surface area contributed by atoms with Crippen molar-refractivity contribution in [2.45, 2.75) is 24.9 Å². The fraction of sp³-hybridized carbons (Fsp3) is 0.588. The van der Waals surface area contributed by atoms with E-state index in [9.17, 15) is 4.79 Å². The first-order valence-corrected chi connectivity index (χ1v) is 7.76. The molecule has 0 radical (unpaired) electrons. The lowest BCUT2D eigenvalue weighted by atomic mass is 9.90. The van der Waals surface area contributed by atoms with E-state index in [2.05, 4.69) is 5.32 Å². The van der Waals surface area contributed by atoms with Gasteiger partial charge in [0.05, 0.1) is 7.11 Å². The molecule has 2 rings (SSSR count). The molecule has 1 aliphatic rings. The van der Waals surface area contributed by atoms with Crippen LogP contribution in [-0.2, 0) is 16.0 Å². The Morgan fingerprint density at radius 1 is 1.27 bits per heavy atom. The van der Waals surface area contributed by atoms with Crippen molar-refractivity contribution < 1.29 is 14.3 Å². The van der Waals surface area contributed by atoms with E-state index in [0.717, 1.165) is 43.7 Å². The molecular formula is C17H26N2O3. The Balaban J connectivity index is 1.99. The highest BCUT2D eigenvalue weighted by molar-refractivity contribution is 5.85. The zero-order valence-electron chi connectivity index (χ0n) is 13.7. The number of likely N-dealkylation sites (N-methyl/N-ethyl adjacent to an activating group) is 1. The maximum Gasteiger partial charge on any atom is 0.254 e. The van der Waals surface area contributed by atoms with Gasteiger partial charge in [0.15, 0.2) is 0 Å². The van der Waals surface area contributed by atoms with Gasteiger partial charge in [-0.3, -0.25) is 4.79 Å². The quantitative estimate of drug-likeness (QED) is 0.864. The standard InChI is InChI=1S/C17H26N2O3/c1-19(13-8-14-6-4-5-7-15(14)21-2)16(20)17(22-3)9-11-18-12-10-17/h4-7,18H,8-13H2,1-3H3. The third kappa shape index (κ3) is 3.59. The maximum atomic E-state index is 12.8. The van der Waals surface area contributed by atoms with E-state index in [-0.39, 0.29) is 5.91 Å². The average Bonchev–Trinajstić information content (AvgIpc) is 2.59. The lowest BCUT2D eigenvalue weighted by molar-refractivity contribution is -0.156. The summed E-state index contributed by atoms with van der Waals surface area (Å²) < 4.78 is 11.0. The Morgan fingerprint density at radius 2 is 1.95 bits per heavy atom. The van der Waals surface area contributed by atoms with Crippen LogP contribution in [0.4, 0.5) is 0 Å². The third-order valence-corrected chi connectivity index (χ3v) is 4.45. The number of rotatable bonds is 6. The summed E-state index contributed by atoms with van der Waals surface area (Å²) in [5, 5.41) is 3.27. The molecule has 1 aliphatic heterocycles. The predicted octanol–water partition coefficient (Wildman–Crippen LogP) is 1.46. The number of benzene rings is 1. The smallest absolute Gasteiger partial charge is 0.254 e. The van der Waals surface area contributed by atoms with Crippen molar-refractivity contribution in [1.29, 1.82) is 0 Å². The Hall–Kier alpha value is -1.59. The van der Waals surface area contributed by atoms with Gasteiger partial charge in [0, 0.05) is 20.7 Å². The van der Waals surface area contributed by atoms with E-state index in [1.165, 1.54) is 0 Å². The number of carbonyl (C=O) groups excluding carboxylic acids is 1. The predicted molar refractivity (Wildman–Crippen MR) is 86.2 cm³/mol. The summed E-state index contributed by atoms with van der Waals surface area (Å²) >= 11 is 0. The molecule has 5 nitrogen and oxygen atoms in total. The molecular weight excluding hydrogens is 280 g/mol. The fourth-order valence-electron chi connectivity index (χ4n) is 2.98. The van der Waals surface area contributed by atoms with Gasteiger partial charge >= 0.3 is 0 Å². The van der Waals surface area contributed by atoms with Crippen molar-refractivity contribution in [3.63, 3.8) is 0 Å². The Morgan fingerprint density at radius 3 is 2.59 bits per heavy atom. The number of methoxy groups -OCH3 is 2. The molecule has 1 saturated heterocycles. The van der Waals surface area contributed by atoms with Gasteiger partial charge < -0.3 is 19.7 Å². The molecule has 0 atom stereocenters. The molecule has 0 saturated carbocycles. The summed E-state index contributed by atoms with van der Waals surface area (Å²) in [7, 11) is 5.15. The molecule has 1 heterocycles. The Bertz CT molecular complexity index is 498. The maximum absolute atomic E-state index is 12.8. The number of carbonyl (C=O) groups is 1. The summed E-state index contributed by atoms with van der Waals surface area (Å²) in [6, 6.07) is 7.92. The SMILES string of the molecule is COc1ccccc1CCN(C)C(=O)C1(OC)CCNCC1. The summed E-state index contributed by atoms with van der Waals surface area (Å²) in [6.45, 7) is 2.29. The first-order valence-electron chi connectivity index (χ1n) is 7.76. The molecule has 1 amide bonds. The lowest BCUT2D eigenvalue weighted by Gasteiger charge is -2.37. The van der Waals surface area contributed by atoms with Crippen LogP contribution in [0.5, 0.6) is 5.75 Å². The van der Waals surface area contributed by atoms with Crippen LogP contribution in [0.2, 0.25) is 0 Å². The number of amides is 1. The van der Waals surface area contributed by atoms with E-state index < -0.39 is 5.60 Å². The minimum atomic E-state index is -0.666. The molecule has 1 fully saturated rings. The molecule has 0 unspecified atom stereocenters. The molecule has 22 heavy (non-hydrogen) atoms. The molecule has 122 valence electrons. The van der Waals surface area contributed by atoms with E-state index >= 15 is 0 Å². The molecule has 0 spiro atoms. The third-order valence-electron chi connectivity index (χ3n) is 4.45. The highest BCUT2D eigenvalue weighted by atomic mass is 16.5. The number of hydrogen-bond donors (Lipinski definition) is 1. The molecule has 1 aromatic rings. The molecule has 0 aromatic heterocycles. The van der Waals surface area contributed by atoms with Crippen LogP contribution in [0.15, 0.2) is 24.3 Å². The first-order chi connectivity index (χ1) is 10.6. The number of nitrogens with zero attached hydrogens (tertiary/aromatic N) is 1. The largest absolute Gasteiger partial charge is 0.496 e. The first kappa shape index (κ1) is 16.8. The zero-order chi connectivity index (χ0) is 16.0. The number of piperidine rings is 1. The second-order valence-electron chi connectivity index (χ2n) is 5.74. The van der Waals surface area contributed by atoms with E-state index in [1.807, 2.05) is 31.3 Å². The van der Waals surface area contributed by atoms with E-state index in [1.54, 1.807) is 19.1 Å². The Labute approximate surface area is 132 Å². The summed E-state index contributed by atoms with van der Waals surface area (Å²) in [6.07, 6.45) is 2.22. The van der Waals surface area contributed by atoms with Gasteiger partial charge in [0.25, 0.3) is 5.91 Å². The van der Waals surface area contributed by atoms with Crippen molar-refractivity contribution in [2.24, 2.45) is 0 Å². The topological polar surface area (TPSA) is 50.8 Å². The van der Waals surface area contributed by atoms with Gasteiger partial charge in [0.2, 0.25) is 0 Å². The van der Waals surface area contributed by atoms with Crippen molar-refractivity contribution in [2.75, 3.05) is 40.9 Å². The van der Waals surface area contributed by atoms with Crippen molar-refractivity contribution in [3.05, 3.63) is 29.8 Å². The summed E-state index contributed by atoms with van der Waals surface area (Å²) in [4.78, 5) is 14.5. The van der Waals surface area contributed by atoms with Gasteiger partial charge in [-0.1, -0.05) is 18.2 Å². The van der Waals surface area contributed by atoms with Gasteiger partial charge in [-0.15, -0.1) is 0 Å². The number of ether oxygens (including phenoxy) is 2. The van der Waals surface area contributed by atoms with Gasteiger partial charge in [-0.05, 0) is 44.0 Å². The monoisotopic (exact) mass is 306 g/mol. The van der Waals surface area contributed by atoms with Crippen LogP contribution in [0.3, 0.4) is 0 Å². The van der Waals surface area contributed by atoms with Crippen LogP contribution < -0.4 is 10.1 Å². The normalized spacial score (nSPS) is 17.0. The second kappa shape index (κ2) is 7.61. The molecule has 1 N–H and O–H groups in total. The van der Waals surface area contributed by atoms with Gasteiger partial charge in [-0.25, -0.2) is 0 Å². The van der Waals surface area contributed by atoms with Gasteiger partial charge in [0.1, 0.15) is 11.4 Å². The highest BCUT2D eigenvalue weighted by Gasteiger charge is 2.41. The van der Waals surface area contributed by atoms with E-state index in [0.29, 0.717) is 6.54 Å². The highest BCUT2D eigenvalue weighted by Crippen LogP contribution is 2.25. The van der Waals surface area contributed by atoms with Crippen molar-refractivity contribution >= 4 is 5.91 Å². The molecule has 5 heteroatoms. The van der Waals surface area contributed by atoms with Crippen LogP contribution >= 0.6 is 0 Å². The summed E-state index contributed by atoms with van der Waals surface area (Å²) in [5.41, 5.74) is 0.447.